The topological polar surface area (TPSA) is 95.6 Å². The van der Waals surface area contributed by atoms with Gasteiger partial charge in [-0.05, 0) is 31.7 Å². The average Bonchev–Trinajstić information content (AvgIpc) is 3.48. The highest BCUT2D eigenvalue weighted by atomic mass is 35.5. The first-order valence-corrected chi connectivity index (χ1v) is 13.1. The van der Waals surface area contributed by atoms with Crippen molar-refractivity contribution in [2.45, 2.75) is 24.0 Å². The van der Waals surface area contributed by atoms with Crippen LogP contribution in [0.15, 0.2) is 46.1 Å². The van der Waals surface area contributed by atoms with Crippen LogP contribution in [-0.4, -0.2) is 46.2 Å². The Labute approximate surface area is 209 Å². The number of thiazole rings is 1. The van der Waals surface area contributed by atoms with Gasteiger partial charge < -0.3 is 20.3 Å². The molecule has 4 rings (SSSR count). The summed E-state index contributed by atoms with van der Waals surface area (Å²) >= 11 is 7.49. The quantitative estimate of drug-likeness (QED) is 0.351. The first kappa shape index (κ1) is 25.4. The molecule has 2 heterocycles. The van der Waals surface area contributed by atoms with Crippen molar-refractivity contribution >= 4 is 55.8 Å². The van der Waals surface area contributed by atoms with E-state index in [9.17, 15) is 21.6 Å². The van der Waals surface area contributed by atoms with Gasteiger partial charge in [-0.25, -0.2) is 17.8 Å². The van der Waals surface area contributed by atoms with Crippen LogP contribution in [0, 0.1) is 5.82 Å². The number of likely N-dealkylation sites (N-methyl/N-ethyl adjacent to an activating group) is 1. The zero-order valence-electron chi connectivity index (χ0n) is 18.3. The highest BCUT2D eigenvalue weighted by Crippen LogP contribution is 2.38. The number of aromatic nitrogens is 1. The fraction of sp³-hybridized carbons (Fsp3) is 0.286. The Morgan fingerprint density at radius 1 is 1.26 bits per heavy atom. The van der Waals surface area contributed by atoms with Crippen molar-refractivity contribution in [1.29, 1.82) is 0 Å². The number of benzene rings is 2. The van der Waals surface area contributed by atoms with Gasteiger partial charge in [-0.15, -0.1) is 11.3 Å². The minimum absolute atomic E-state index is 0.0275. The molecule has 14 heteroatoms. The van der Waals surface area contributed by atoms with Crippen LogP contribution in [0.2, 0.25) is 5.02 Å². The van der Waals surface area contributed by atoms with Gasteiger partial charge in [0.05, 0.1) is 27.6 Å². The molecule has 0 radical (unpaired) electrons. The normalized spacial score (nSPS) is 16.1. The molecule has 1 aliphatic heterocycles. The molecule has 0 saturated carbocycles. The minimum Gasteiger partial charge on any atom is -0.435 e. The Morgan fingerprint density at radius 2 is 2.06 bits per heavy atom. The maximum atomic E-state index is 14.9. The Hall–Kier alpha value is -2.74. The third kappa shape index (κ3) is 5.92. The molecule has 1 atom stereocenters. The van der Waals surface area contributed by atoms with Crippen molar-refractivity contribution in [2.75, 3.05) is 35.1 Å². The van der Waals surface area contributed by atoms with E-state index in [2.05, 4.69) is 25.1 Å². The summed E-state index contributed by atoms with van der Waals surface area (Å²) in [5.41, 5.74) is 2.55. The smallest absolute Gasteiger partial charge is 0.387 e. The fourth-order valence-electron chi connectivity index (χ4n) is 3.70. The Morgan fingerprint density at radius 3 is 2.71 bits per heavy atom. The summed E-state index contributed by atoms with van der Waals surface area (Å²) in [7, 11) is -2.43. The number of sulfonamides is 1. The molecule has 1 aromatic heterocycles. The lowest BCUT2D eigenvalue weighted by atomic mass is 10.2. The van der Waals surface area contributed by atoms with E-state index >= 15 is 0 Å². The summed E-state index contributed by atoms with van der Waals surface area (Å²) in [6, 6.07) is 6.50. The van der Waals surface area contributed by atoms with Gasteiger partial charge in [0, 0.05) is 36.6 Å². The van der Waals surface area contributed by atoms with Gasteiger partial charge in [0.15, 0.2) is 5.82 Å². The summed E-state index contributed by atoms with van der Waals surface area (Å²) in [5.74, 6) is -0.996. The van der Waals surface area contributed by atoms with Gasteiger partial charge in [0.2, 0.25) is 0 Å². The molecule has 0 spiro atoms. The number of halogens is 4. The Balaban J connectivity index is 1.65. The van der Waals surface area contributed by atoms with Crippen LogP contribution in [0.25, 0.3) is 0 Å². The standard InChI is InChI=1S/C21H21ClF3N5O3S2/c1-26-12-4-5-30(9-12)18-6-13(33-21(24)25)2-3-16(18)28-17-8-15(23)19(7-14(17)22)35(31,32)29-20-10-34-11-27-20/h2-3,6-8,10-12,21,26,28-29H,4-5,9H2,1H3. The number of anilines is 4. The molecule has 188 valence electrons. The Kier molecular flexibility index (Phi) is 7.59. The number of ether oxygens (including phenoxy) is 1. The van der Waals surface area contributed by atoms with Gasteiger partial charge in [-0.3, -0.25) is 4.72 Å². The van der Waals surface area contributed by atoms with Gasteiger partial charge in [0.25, 0.3) is 10.0 Å². The minimum atomic E-state index is -4.27. The lowest BCUT2D eigenvalue weighted by molar-refractivity contribution is -0.0498. The molecule has 2 aromatic carbocycles. The predicted molar refractivity (Wildman–Crippen MR) is 130 cm³/mol. The van der Waals surface area contributed by atoms with Gasteiger partial charge in [0.1, 0.15) is 16.5 Å². The van der Waals surface area contributed by atoms with Gasteiger partial charge in [-0.2, -0.15) is 8.78 Å². The number of rotatable bonds is 9. The van der Waals surface area contributed by atoms with Crippen LogP contribution in [0.5, 0.6) is 5.75 Å². The molecular weight excluding hydrogens is 527 g/mol. The third-order valence-corrected chi connectivity index (χ3v) is 7.65. The summed E-state index contributed by atoms with van der Waals surface area (Å²) in [5, 5.41) is 7.58. The van der Waals surface area contributed by atoms with E-state index in [0.29, 0.717) is 24.5 Å². The number of nitrogens with zero attached hydrogens (tertiary/aromatic N) is 2. The van der Waals surface area contributed by atoms with E-state index in [-0.39, 0.29) is 28.3 Å². The summed E-state index contributed by atoms with van der Waals surface area (Å²) in [4.78, 5) is 5.16. The first-order chi connectivity index (χ1) is 16.7. The SMILES string of the molecule is CNC1CCN(c2cc(OC(F)F)ccc2Nc2cc(F)c(S(=O)(=O)Nc3cscn3)cc2Cl)C1. The maximum Gasteiger partial charge on any atom is 0.387 e. The van der Waals surface area contributed by atoms with Crippen LogP contribution in [0.3, 0.4) is 0 Å². The summed E-state index contributed by atoms with van der Waals surface area (Å²) in [6.07, 6.45) is 0.837. The molecular formula is C21H21ClF3N5O3S2. The molecule has 35 heavy (non-hydrogen) atoms. The van der Waals surface area contributed by atoms with Crippen LogP contribution in [-0.2, 0) is 10.0 Å². The van der Waals surface area contributed by atoms with Crippen LogP contribution >= 0.6 is 22.9 Å². The molecule has 1 saturated heterocycles. The highest BCUT2D eigenvalue weighted by molar-refractivity contribution is 7.92. The second kappa shape index (κ2) is 10.5. The third-order valence-electron chi connectivity index (χ3n) is 5.38. The van der Waals surface area contributed by atoms with Crippen molar-refractivity contribution < 1.29 is 26.3 Å². The molecule has 3 N–H and O–H groups in total. The zero-order chi connectivity index (χ0) is 25.2. The van der Waals surface area contributed by atoms with Crippen LogP contribution < -0.4 is 25.0 Å². The second-order valence-corrected chi connectivity index (χ2v) is 10.4. The van der Waals surface area contributed by atoms with Crippen molar-refractivity contribution in [2.24, 2.45) is 0 Å². The van der Waals surface area contributed by atoms with E-state index in [0.717, 1.165) is 18.6 Å². The molecule has 8 nitrogen and oxygen atoms in total. The number of hydrogen-bond donors (Lipinski definition) is 3. The van der Waals surface area contributed by atoms with E-state index < -0.39 is 27.3 Å². The molecule has 0 amide bonds. The monoisotopic (exact) mass is 547 g/mol. The molecule has 1 aliphatic rings. The van der Waals surface area contributed by atoms with Crippen LogP contribution in [0.4, 0.5) is 36.1 Å². The van der Waals surface area contributed by atoms with Gasteiger partial charge in [-0.1, -0.05) is 11.6 Å². The maximum absolute atomic E-state index is 14.9. The molecule has 1 fully saturated rings. The van der Waals surface area contributed by atoms with Gasteiger partial charge >= 0.3 is 6.61 Å². The van der Waals surface area contributed by atoms with Crippen molar-refractivity contribution in [1.82, 2.24) is 10.3 Å². The zero-order valence-corrected chi connectivity index (χ0v) is 20.7. The number of nitrogens with one attached hydrogen (secondary N) is 3. The fourth-order valence-corrected chi connectivity index (χ4v) is 5.62. The first-order valence-electron chi connectivity index (χ1n) is 10.3. The van der Waals surface area contributed by atoms with E-state index in [1.165, 1.54) is 40.4 Å². The number of hydrogen-bond acceptors (Lipinski definition) is 8. The van der Waals surface area contributed by atoms with E-state index in [1.54, 1.807) is 0 Å². The molecule has 0 aliphatic carbocycles. The second-order valence-electron chi connectivity index (χ2n) is 7.64. The van der Waals surface area contributed by atoms with Crippen molar-refractivity contribution in [3.8, 4) is 5.75 Å². The largest absolute Gasteiger partial charge is 0.435 e. The van der Waals surface area contributed by atoms with E-state index in [1.807, 2.05) is 11.9 Å². The average molecular weight is 548 g/mol. The molecule has 0 bridgehead atoms. The summed E-state index contributed by atoms with van der Waals surface area (Å²) in [6.45, 7) is -1.72. The highest BCUT2D eigenvalue weighted by Gasteiger charge is 2.26. The Bertz CT molecular complexity index is 1300. The molecule has 3 aromatic rings. The lowest BCUT2D eigenvalue weighted by Crippen LogP contribution is -2.29. The lowest BCUT2D eigenvalue weighted by Gasteiger charge is -2.24. The van der Waals surface area contributed by atoms with Crippen molar-refractivity contribution in [3.05, 3.63) is 52.1 Å². The van der Waals surface area contributed by atoms with Crippen LogP contribution in [0.1, 0.15) is 6.42 Å². The predicted octanol–water partition coefficient (Wildman–Crippen LogP) is 4.88. The molecule has 1 unspecified atom stereocenters. The number of alkyl halides is 2. The van der Waals surface area contributed by atoms with E-state index in [4.69, 9.17) is 11.6 Å². The van der Waals surface area contributed by atoms with Crippen molar-refractivity contribution in [3.63, 3.8) is 0 Å². The summed E-state index contributed by atoms with van der Waals surface area (Å²) < 4.78 is 72.4.